The van der Waals surface area contributed by atoms with E-state index in [0.717, 1.165) is 18.4 Å². The van der Waals surface area contributed by atoms with E-state index in [1.165, 1.54) is 38.5 Å². The van der Waals surface area contributed by atoms with Crippen LogP contribution in [0.1, 0.15) is 66.2 Å². The summed E-state index contributed by atoms with van der Waals surface area (Å²) in [6.07, 6.45) is 8.07. The van der Waals surface area contributed by atoms with Gasteiger partial charge in [-0.3, -0.25) is 10.4 Å². The van der Waals surface area contributed by atoms with Crippen molar-refractivity contribution in [2.75, 3.05) is 6.54 Å². The molecule has 21 heavy (non-hydrogen) atoms. The van der Waals surface area contributed by atoms with Crippen molar-refractivity contribution < 1.29 is 0 Å². The third kappa shape index (κ3) is 2.92. The van der Waals surface area contributed by atoms with Crippen molar-refractivity contribution in [1.29, 1.82) is 0 Å². The molecule has 0 aromatic carbocycles. The van der Waals surface area contributed by atoms with E-state index in [4.69, 9.17) is 5.84 Å². The molecule has 0 aromatic heterocycles. The van der Waals surface area contributed by atoms with Crippen LogP contribution in [0.25, 0.3) is 0 Å². The summed E-state index contributed by atoms with van der Waals surface area (Å²) in [5.41, 5.74) is 4.04. The molecule has 0 spiro atoms. The maximum absolute atomic E-state index is 5.71. The standard InChI is InChI=1S/C17H32N4/c1-12(2)8-19-14(21-18)20-17-7-13-5-15(3,10-17)9-16(4,6-13)11-17/h12-13H,5-11,18H2,1-4H3,(H2,19,20,21). The molecule has 0 radical (unpaired) electrons. The van der Waals surface area contributed by atoms with Crippen LogP contribution < -0.4 is 16.6 Å². The molecule has 2 unspecified atom stereocenters. The Hall–Kier alpha value is -0.770. The Morgan fingerprint density at radius 2 is 1.76 bits per heavy atom. The molecule has 4 fully saturated rings. The second-order valence-electron chi connectivity index (χ2n) is 9.26. The highest BCUT2D eigenvalue weighted by Crippen LogP contribution is 2.66. The highest BCUT2D eigenvalue weighted by atomic mass is 15.3. The van der Waals surface area contributed by atoms with E-state index < -0.39 is 0 Å². The fraction of sp³-hybridized carbons (Fsp3) is 0.941. The van der Waals surface area contributed by atoms with Crippen LogP contribution in [0.3, 0.4) is 0 Å². The number of nitrogens with two attached hydrogens (primary N) is 1. The molecule has 4 aliphatic rings. The van der Waals surface area contributed by atoms with Crippen LogP contribution >= 0.6 is 0 Å². The Morgan fingerprint density at radius 3 is 2.24 bits per heavy atom. The van der Waals surface area contributed by atoms with Crippen LogP contribution in [0.15, 0.2) is 4.99 Å². The quantitative estimate of drug-likeness (QED) is 0.324. The van der Waals surface area contributed by atoms with E-state index in [1.807, 2.05) is 0 Å². The molecule has 2 atom stereocenters. The van der Waals surface area contributed by atoms with E-state index in [-0.39, 0.29) is 5.54 Å². The summed E-state index contributed by atoms with van der Waals surface area (Å²) in [6.45, 7) is 10.2. The molecule has 4 saturated carbocycles. The van der Waals surface area contributed by atoms with Crippen LogP contribution in [0.4, 0.5) is 0 Å². The zero-order chi connectivity index (χ0) is 15.3. The zero-order valence-electron chi connectivity index (χ0n) is 14.1. The summed E-state index contributed by atoms with van der Waals surface area (Å²) in [7, 11) is 0. The lowest BCUT2D eigenvalue weighted by molar-refractivity contribution is -0.112. The number of hydrazine groups is 1. The molecule has 4 rings (SSSR count). The summed E-state index contributed by atoms with van der Waals surface area (Å²) in [4.78, 5) is 4.63. The Balaban J connectivity index is 1.79. The van der Waals surface area contributed by atoms with Crippen molar-refractivity contribution in [2.45, 2.75) is 71.8 Å². The predicted molar refractivity (Wildman–Crippen MR) is 87.7 cm³/mol. The topological polar surface area (TPSA) is 62.4 Å². The van der Waals surface area contributed by atoms with Gasteiger partial charge in [-0.1, -0.05) is 27.7 Å². The van der Waals surface area contributed by atoms with Gasteiger partial charge in [-0.25, -0.2) is 5.84 Å². The van der Waals surface area contributed by atoms with Crippen LogP contribution in [0.2, 0.25) is 0 Å². The molecule has 120 valence electrons. The first-order chi connectivity index (χ1) is 9.76. The number of nitrogens with one attached hydrogen (secondary N) is 2. The van der Waals surface area contributed by atoms with Gasteiger partial charge in [-0.05, 0) is 61.2 Å². The van der Waals surface area contributed by atoms with Crippen molar-refractivity contribution >= 4 is 5.96 Å². The molecule has 0 amide bonds. The molecular weight excluding hydrogens is 260 g/mol. The van der Waals surface area contributed by atoms with Gasteiger partial charge >= 0.3 is 0 Å². The summed E-state index contributed by atoms with van der Waals surface area (Å²) in [5, 5.41) is 3.73. The molecule has 0 heterocycles. The molecule has 4 heteroatoms. The molecular formula is C17H32N4. The van der Waals surface area contributed by atoms with Gasteiger partial charge in [-0.15, -0.1) is 0 Å². The molecule has 4 nitrogen and oxygen atoms in total. The average Bonchev–Trinajstić information content (AvgIpc) is 2.29. The number of nitrogens with zero attached hydrogens (tertiary/aromatic N) is 1. The van der Waals surface area contributed by atoms with Gasteiger partial charge in [0.25, 0.3) is 0 Å². The SMILES string of the molecule is CC(C)CN=C(NN)NC12CC3CC(C)(CC(C)(C3)C1)C2. The fourth-order valence-electron chi connectivity index (χ4n) is 6.23. The van der Waals surface area contributed by atoms with Crippen molar-refractivity contribution in [3.63, 3.8) is 0 Å². The lowest BCUT2D eigenvalue weighted by Gasteiger charge is -2.65. The molecule has 4 N–H and O–H groups in total. The van der Waals surface area contributed by atoms with Crippen LogP contribution in [0, 0.1) is 22.7 Å². The molecule has 0 saturated heterocycles. The molecule has 0 aromatic rings. The molecule has 4 bridgehead atoms. The van der Waals surface area contributed by atoms with E-state index in [9.17, 15) is 0 Å². The Kier molecular flexibility index (Phi) is 3.51. The Bertz CT molecular complexity index is 424. The molecule has 4 aliphatic carbocycles. The number of aliphatic imine (C=N–C) groups is 1. The minimum absolute atomic E-state index is 0.213. The third-order valence-corrected chi connectivity index (χ3v) is 5.76. The summed E-state index contributed by atoms with van der Waals surface area (Å²) < 4.78 is 0. The van der Waals surface area contributed by atoms with E-state index in [2.05, 4.69) is 43.4 Å². The highest BCUT2D eigenvalue weighted by Gasteiger charge is 2.60. The second kappa shape index (κ2) is 4.87. The number of hydrogen-bond donors (Lipinski definition) is 3. The maximum atomic E-state index is 5.71. The number of hydrogen-bond acceptors (Lipinski definition) is 2. The molecule has 0 aliphatic heterocycles. The van der Waals surface area contributed by atoms with Gasteiger partial charge in [0, 0.05) is 12.1 Å². The summed E-state index contributed by atoms with van der Waals surface area (Å²) in [6, 6.07) is 0. The first-order valence-corrected chi connectivity index (χ1v) is 8.55. The largest absolute Gasteiger partial charge is 0.350 e. The lowest BCUT2D eigenvalue weighted by Crippen LogP contribution is -2.66. The smallest absolute Gasteiger partial charge is 0.206 e. The van der Waals surface area contributed by atoms with Gasteiger partial charge in [0.1, 0.15) is 0 Å². The minimum Gasteiger partial charge on any atom is -0.350 e. The zero-order valence-corrected chi connectivity index (χ0v) is 14.1. The fourth-order valence-corrected chi connectivity index (χ4v) is 6.23. The van der Waals surface area contributed by atoms with Gasteiger partial charge < -0.3 is 5.32 Å². The number of guanidine groups is 1. The first kappa shape index (κ1) is 15.1. The lowest BCUT2D eigenvalue weighted by atomic mass is 9.43. The van der Waals surface area contributed by atoms with Crippen molar-refractivity contribution in [2.24, 2.45) is 33.5 Å². The van der Waals surface area contributed by atoms with E-state index in [0.29, 0.717) is 16.7 Å². The van der Waals surface area contributed by atoms with Crippen LogP contribution in [-0.4, -0.2) is 18.0 Å². The van der Waals surface area contributed by atoms with Gasteiger partial charge in [-0.2, -0.15) is 0 Å². The normalized spacial score (nSPS) is 45.2. The van der Waals surface area contributed by atoms with Crippen LogP contribution in [-0.2, 0) is 0 Å². The predicted octanol–water partition coefficient (Wildman–Crippen LogP) is 2.80. The third-order valence-electron chi connectivity index (χ3n) is 5.76. The van der Waals surface area contributed by atoms with Crippen LogP contribution in [0.5, 0.6) is 0 Å². The number of rotatable bonds is 3. The van der Waals surface area contributed by atoms with Crippen molar-refractivity contribution in [1.82, 2.24) is 10.7 Å². The Morgan fingerprint density at radius 1 is 1.14 bits per heavy atom. The summed E-state index contributed by atoms with van der Waals surface area (Å²) in [5.74, 6) is 7.94. The van der Waals surface area contributed by atoms with Crippen molar-refractivity contribution in [3.05, 3.63) is 0 Å². The highest BCUT2D eigenvalue weighted by molar-refractivity contribution is 5.80. The van der Waals surface area contributed by atoms with E-state index >= 15 is 0 Å². The minimum atomic E-state index is 0.213. The van der Waals surface area contributed by atoms with Gasteiger partial charge in [0.15, 0.2) is 0 Å². The van der Waals surface area contributed by atoms with Gasteiger partial charge in [0.05, 0.1) is 0 Å². The second-order valence-corrected chi connectivity index (χ2v) is 9.26. The Labute approximate surface area is 129 Å². The monoisotopic (exact) mass is 292 g/mol. The van der Waals surface area contributed by atoms with Gasteiger partial charge in [0.2, 0.25) is 5.96 Å². The van der Waals surface area contributed by atoms with Crippen molar-refractivity contribution in [3.8, 4) is 0 Å². The summed E-state index contributed by atoms with van der Waals surface area (Å²) >= 11 is 0. The first-order valence-electron chi connectivity index (χ1n) is 8.55. The average molecular weight is 292 g/mol. The maximum Gasteiger partial charge on any atom is 0.206 e. The van der Waals surface area contributed by atoms with E-state index in [1.54, 1.807) is 0 Å².